The Labute approximate surface area is 151 Å². The summed E-state index contributed by atoms with van der Waals surface area (Å²) in [7, 11) is 1.60. The Morgan fingerprint density at radius 3 is 2.76 bits per heavy atom. The maximum absolute atomic E-state index is 12.2. The molecule has 1 heterocycles. The summed E-state index contributed by atoms with van der Waals surface area (Å²) < 4.78 is 6.29. The number of carbonyl (C=O) groups excluding carboxylic acids is 1. The number of amides is 1. The molecule has 0 fully saturated rings. The molecule has 0 spiro atoms. The van der Waals surface area contributed by atoms with Crippen LogP contribution in [0.25, 0.3) is 10.1 Å². The van der Waals surface area contributed by atoms with Crippen molar-refractivity contribution in [1.29, 1.82) is 0 Å². The minimum Gasteiger partial charge on any atom is -0.497 e. The predicted molar refractivity (Wildman–Crippen MR) is 101 cm³/mol. The second kappa shape index (κ2) is 7.25. The number of methoxy groups -OCH3 is 1. The van der Waals surface area contributed by atoms with Crippen molar-refractivity contribution < 1.29 is 14.6 Å². The van der Waals surface area contributed by atoms with Gasteiger partial charge in [-0.25, -0.2) is 0 Å². The Bertz CT molecular complexity index is 852. The maximum Gasteiger partial charge on any atom is 0.224 e. The second-order valence-electron chi connectivity index (χ2n) is 6.23. The SMILES string of the molecule is COc1cccc(CC(=O)NCC(C)(O)c2cc3ccccc3s2)c1. The van der Waals surface area contributed by atoms with E-state index in [0.717, 1.165) is 26.3 Å². The van der Waals surface area contributed by atoms with Crippen LogP contribution in [0, 0.1) is 0 Å². The summed E-state index contributed by atoms with van der Waals surface area (Å²) in [6.07, 6.45) is 0.250. The first kappa shape index (κ1) is 17.5. The molecule has 0 aliphatic rings. The highest BCUT2D eigenvalue weighted by molar-refractivity contribution is 7.19. The van der Waals surface area contributed by atoms with E-state index in [-0.39, 0.29) is 18.9 Å². The summed E-state index contributed by atoms with van der Waals surface area (Å²) in [4.78, 5) is 13.0. The molecule has 1 unspecified atom stereocenters. The standard InChI is InChI=1S/C20H21NO3S/c1-20(23,18-12-15-7-3-4-9-17(15)25-18)13-21-19(22)11-14-6-5-8-16(10-14)24-2/h3-10,12,23H,11,13H2,1-2H3,(H,21,22). The number of aliphatic hydroxyl groups is 1. The molecule has 0 bridgehead atoms. The number of thiophene rings is 1. The molecule has 0 aliphatic carbocycles. The van der Waals surface area contributed by atoms with E-state index in [9.17, 15) is 9.90 Å². The third-order valence-electron chi connectivity index (χ3n) is 4.08. The van der Waals surface area contributed by atoms with Crippen LogP contribution in [0.15, 0.2) is 54.6 Å². The Balaban J connectivity index is 1.63. The lowest BCUT2D eigenvalue weighted by atomic mass is 10.0. The van der Waals surface area contributed by atoms with E-state index in [0.29, 0.717) is 0 Å². The van der Waals surface area contributed by atoms with Gasteiger partial charge in [-0.15, -0.1) is 11.3 Å². The third kappa shape index (κ3) is 4.18. The van der Waals surface area contributed by atoms with Crippen LogP contribution in [0.1, 0.15) is 17.4 Å². The summed E-state index contributed by atoms with van der Waals surface area (Å²) >= 11 is 1.55. The number of ether oxygens (including phenoxy) is 1. The lowest BCUT2D eigenvalue weighted by molar-refractivity contribution is -0.121. The van der Waals surface area contributed by atoms with Crippen molar-refractivity contribution in [1.82, 2.24) is 5.32 Å². The van der Waals surface area contributed by atoms with Crippen LogP contribution < -0.4 is 10.1 Å². The van der Waals surface area contributed by atoms with Crippen LogP contribution >= 0.6 is 11.3 Å². The Morgan fingerprint density at radius 1 is 1.20 bits per heavy atom. The normalized spacial score (nSPS) is 13.4. The number of hydrogen-bond acceptors (Lipinski definition) is 4. The summed E-state index contributed by atoms with van der Waals surface area (Å²) in [6, 6.07) is 17.4. The fourth-order valence-electron chi connectivity index (χ4n) is 2.64. The summed E-state index contributed by atoms with van der Waals surface area (Å²) in [5.41, 5.74) is -0.230. The molecular weight excluding hydrogens is 334 g/mol. The number of nitrogens with one attached hydrogen (secondary N) is 1. The smallest absolute Gasteiger partial charge is 0.224 e. The van der Waals surface area contributed by atoms with E-state index < -0.39 is 5.60 Å². The lowest BCUT2D eigenvalue weighted by Gasteiger charge is -2.22. The zero-order valence-electron chi connectivity index (χ0n) is 14.3. The molecule has 4 nitrogen and oxygen atoms in total. The van der Waals surface area contributed by atoms with Crippen molar-refractivity contribution >= 4 is 27.3 Å². The van der Waals surface area contributed by atoms with Crippen molar-refractivity contribution in [3.05, 3.63) is 65.0 Å². The fraction of sp³-hybridized carbons (Fsp3) is 0.250. The Hall–Kier alpha value is -2.37. The monoisotopic (exact) mass is 355 g/mol. The molecular formula is C20H21NO3S. The van der Waals surface area contributed by atoms with Gasteiger partial charge in [0.15, 0.2) is 0 Å². The average molecular weight is 355 g/mol. The fourth-order valence-corrected chi connectivity index (χ4v) is 3.74. The molecule has 1 amide bonds. The van der Waals surface area contributed by atoms with Crippen LogP contribution in [0.4, 0.5) is 0 Å². The number of carbonyl (C=O) groups is 1. The number of rotatable bonds is 6. The summed E-state index contributed by atoms with van der Waals surface area (Å²) in [6.45, 7) is 1.90. The van der Waals surface area contributed by atoms with Crippen molar-refractivity contribution in [2.24, 2.45) is 0 Å². The molecule has 5 heteroatoms. The van der Waals surface area contributed by atoms with E-state index in [2.05, 4.69) is 5.32 Å². The molecule has 1 atom stereocenters. The van der Waals surface area contributed by atoms with Gasteiger partial charge in [-0.3, -0.25) is 4.79 Å². The molecule has 1 aromatic heterocycles. The molecule has 3 aromatic rings. The van der Waals surface area contributed by atoms with E-state index in [1.165, 1.54) is 0 Å². The molecule has 0 aliphatic heterocycles. The van der Waals surface area contributed by atoms with Crippen molar-refractivity contribution in [2.45, 2.75) is 18.9 Å². The highest BCUT2D eigenvalue weighted by Gasteiger charge is 2.26. The highest BCUT2D eigenvalue weighted by Crippen LogP contribution is 2.32. The summed E-state index contributed by atoms with van der Waals surface area (Å²) in [5.74, 6) is 0.595. The minimum absolute atomic E-state index is 0.130. The first-order valence-electron chi connectivity index (χ1n) is 8.09. The van der Waals surface area contributed by atoms with E-state index >= 15 is 0 Å². The van der Waals surface area contributed by atoms with Gasteiger partial charge < -0.3 is 15.2 Å². The van der Waals surface area contributed by atoms with Crippen molar-refractivity contribution in [3.63, 3.8) is 0 Å². The third-order valence-corrected chi connectivity index (χ3v) is 5.45. The molecule has 0 radical (unpaired) electrons. The second-order valence-corrected chi connectivity index (χ2v) is 7.31. The van der Waals surface area contributed by atoms with Crippen LogP contribution in [-0.2, 0) is 16.8 Å². The van der Waals surface area contributed by atoms with E-state index in [1.807, 2.05) is 54.6 Å². The first-order chi connectivity index (χ1) is 12.0. The van der Waals surface area contributed by atoms with Crippen LogP contribution in [0.2, 0.25) is 0 Å². The predicted octanol–water partition coefficient (Wildman–Crippen LogP) is 3.48. The van der Waals surface area contributed by atoms with E-state index in [1.54, 1.807) is 25.4 Å². The summed E-state index contributed by atoms with van der Waals surface area (Å²) in [5, 5.41) is 14.7. The first-order valence-corrected chi connectivity index (χ1v) is 8.91. The van der Waals surface area contributed by atoms with Gasteiger partial charge in [0.2, 0.25) is 5.91 Å². The van der Waals surface area contributed by atoms with Gasteiger partial charge in [-0.2, -0.15) is 0 Å². The van der Waals surface area contributed by atoms with Crippen molar-refractivity contribution in [3.8, 4) is 5.75 Å². The lowest BCUT2D eigenvalue weighted by Crippen LogP contribution is -2.38. The molecule has 130 valence electrons. The molecule has 3 rings (SSSR count). The number of benzene rings is 2. The minimum atomic E-state index is -1.10. The zero-order valence-corrected chi connectivity index (χ0v) is 15.1. The van der Waals surface area contributed by atoms with Gasteiger partial charge in [0.25, 0.3) is 0 Å². The molecule has 2 N–H and O–H groups in total. The van der Waals surface area contributed by atoms with Gasteiger partial charge in [0, 0.05) is 9.58 Å². The Morgan fingerprint density at radius 2 is 2.00 bits per heavy atom. The van der Waals surface area contributed by atoms with Crippen LogP contribution in [0.3, 0.4) is 0 Å². The highest BCUT2D eigenvalue weighted by atomic mass is 32.1. The quantitative estimate of drug-likeness (QED) is 0.712. The van der Waals surface area contributed by atoms with Gasteiger partial charge in [-0.05, 0) is 42.1 Å². The van der Waals surface area contributed by atoms with Crippen LogP contribution in [0.5, 0.6) is 5.75 Å². The van der Waals surface area contributed by atoms with Gasteiger partial charge in [0.1, 0.15) is 11.4 Å². The number of fused-ring (bicyclic) bond motifs is 1. The molecule has 2 aromatic carbocycles. The molecule has 0 saturated carbocycles. The average Bonchev–Trinajstić information content (AvgIpc) is 3.05. The molecule has 25 heavy (non-hydrogen) atoms. The molecule has 0 saturated heterocycles. The van der Waals surface area contributed by atoms with Crippen molar-refractivity contribution in [2.75, 3.05) is 13.7 Å². The van der Waals surface area contributed by atoms with E-state index in [4.69, 9.17) is 4.74 Å². The maximum atomic E-state index is 12.2. The Kier molecular flexibility index (Phi) is 5.06. The van der Waals surface area contributed by atoms with Gasteiger partial charge in [-0.1, -0.05) is 30.3 Å². The van der Waals surface area contributed by atoms with Gasteiger partial charge >= 0.3 is 0 Å². The van der Waals surface area contributed by atoms with Crippen LogP contribution in [-0.4, -0.2) is 24.7 Å². The largest absolute Gasteiger partial charge is 0.497 e. The topological polar surface area (TPSA) is 58.6 Å². The zero-order chi connectivity index (χ0) is 17.9. The van der Waals surface area contributed by atoms with Gasteiger partial charge in [0.05, 0.1) is 20.1 Å². The number of hydrogen-bond donors (Lipinski definition) is 2.